The first kappa shape index (κ1) is 14.4. The van der Waals surface area contributed by atoms with Gasteiger partial charge < -0.3 is 5.32 Å². The summed E-state index contributed by atoms with van der Waals surface area (Å²) in [4.78, 5) is 12.0. The van der Waals surface area contributed by atoms with Crippen molar-refractivity contribution in [3.8, 4) is 0 Å². The molecule has 1 rings (SSSR count). The molecule has 0 saturated carbocycles. The van der Waals surface area contributed by atoms with Crippen molar-refractivity contribution in [3.63, 3.8) is 0 Å². The fraction of sp³-hybridized carbons (Fsp3) is 0.917. The summed E-state index contributed by atoms with van der Waals surface area (Å²) in [5, 5.41) is 4.34. The van der Waals surface area contributed by atoms with E-state index in [1.54, 1.807) is 11.8 Å². The van der Waals surface area contributed by atoms with Gasteiger partial charge in [0, 0.05) is 11.4 Å². The first-order valence-electron chi connectivity index (χ1n) is 5.93. The average Bonchev–Trinajstić information content (AvgIpc) is 2.68. The molecule has 0 aromatic rings. The van der Waals surface area contributed by atoms with Crippen LogP contribution in [0.2, 0.25) is 0 Å². The zero-order valence-corrected chi connectivity index (χ0v) is 12.8. The van der Waals surface area contributed by atoms with Crippen LogP contribution in [0.4, 0.5) is 0 Å². The minimum atomic E-state index is 0.132. The fourth-order valence-corrected chi connectivity index (χ4v) is 3.51. The number of amides is 1. The second kappa shape index (κ2) is 6.29. The number of hydrogen-bond donors (Lipinski definition) is 1. The monoisotopic (exact) mass is 307 g/mol. The molecule has 4 heteroatoms. The van der Waals surface area contributed by atoms with Gasteiger partial charge in [0.15, 0.2) is 0 Å². The van der Waals surface area contributed by atoms with Crippen LogP contribution < -0.4 is 5.32 Å². The van der Waals surface area contributed by atoms with Gasteiger partial charge in [-0.15, -0.1) is 11.8 Å². The lowest BCUT2D eigenvalue weighted by Gasteiger charge is -2.32. The van der Waals surface area contributed by atoms with Crippen LogP contribution in [0.25, 0.3) is 0 Å². The summed E-state index contributed by atoms with van der Waals surface area (Å²) in [6.45, 7) is 6.55. The van der Waals surface area contributed by atoms with E-state index in [-0.39, 0.29) is 22.6 Å². The van der Waals surface area contributed by atoms with Crippen LogP contribution in [-0.4, -0.2) is 28.3 Å². The minimum absolute atomic E-state index is 0.132. The highest BCUT2D eigenvalue weighted by Gasteiger charge is 2.30. The van der Waals surface area contributed by atoms with E-state index in [1.165, 1.54) is 6.42 Å². The molecule has 1 aliphatic heterocycles. The SMILES string of the molecule is CC(C)(C)C(CCBr)NC(=O)C1CCCS1. The van der Waals surface area contributed by atoms with Crippen molar-refractivity contribution in [1.29, 1.82) is 0 Å². The molecular formula is C12H22BrNOS. The Morgan fingerprint density at radius 2 is 2.25 bits per heavy atom. The summed E-state index contributed by atoms with van der Waals surface area (Å²) >= 11 is 5.26. The van der Waals surface area contributed by atoms with Crippen LogP contribution in [0.3, 0.4) is 0 Å². The maximum absolute atomic E-state index is 12.0. The van der Waals surface area contributed by atoms with Crippen molar-refractivity contribution in [2.75, 3.05) is 11.1 Å². The summed E-state index contributed by atoms with van der Waals surface area (Å²) in [6.07, 6.45) is 3.22. The first-order valence-corrected chi connectivity index (χ1v) is 8.10. The molecule has 94 valence electrons. The van der Waals surface area contributed by atoms with Crippen molar-refractivity contribution < 1.29 is 4.79 Å². The average molecular weight is 308 g/mol. The molecule has 1 heterocycles. The van der Waals surface area contributed by atoms with E-state index in [4.69, 9.17) is 0 Å². The third-order valence-electron chi connectivity index (χ3n) is 2.98. The van der Waals surface area contributed by atoms with Crippen LogP contribution in [0.15, 0.2) is 0 Å². The van der Waals surface area contributed by atoms with E-state index < -0.39 is 0 Å². The predicted molar refractivity (Wildman–Crippen MR) is 75.3 cm³/mol. The summed E-state index contributed by atoms with van der Waals surface area (Å²) in [5.74, 6) is 1.37. The van der Waals surface area contributed by atoms with E-state index in [0.29, 0.717) is 0 Å². The zero-order valence-electron chi connectivity index (χ0n) is 10.4. The Balaban J connectivity index is 2.50. The van der Waals surface area contributed by atoms with E-state index in [9.17, 15) is 4.79 Å². The number of rotatable bonds is 4. The first-order chi connectivity index (χ1) is 7.45. The van der Waals surface area contributed by atoms with Gasteiger partial charge in [-0.1, -0.05) is 36.7 Å². The maximum atomic E-state index is 12.0. The highest BCUT2D eigenvalue weighted by molar-refractivity contribution is 9.09. The van der Waals surface area contributed by atoms with Crippen LogP contribution in [-0.2, 0) is 4.79 Å². The normalized spacial score (nSPS) is 23.1. The summed E-state index contributed by atoms with van der Waals surface area (Å²) in [7, 11) is 0. The van der Waals surface area contributed by atoms with Gasteiger partial charge in [0.2, 0.25) is 5.91 Å². The Hall–Kier alpha value is 0.300. The van der Waals surface area contributed by atoms with E-state index in [2.05, 4.69) is 42.0 Å². The molecule has 1 aliphatic rings. The molecule has 1 saturated heterocycles. The fourth-order valence-electron chi connectivity index (χ4n) is 1.88. The van der Waals surface area contributed by atoms with Gasteiger partial charge in [-0.3, -0.25) is 4.79 Å². The predicted octanol–water partition coefficient (Wildman–Crippen LogP) is 3.20. The Bertz CT molecular complexity index is 234. The second-order valence-electron chi connectivity index (χ2n) is 5.41. The van der Waals surface area contributed by atoms with Gasteiger partial charge in [-0.2, -0.15) is 0 Å². The topological polar surface area (TPSA) is 29.1 Å². The Morgan fingerprint density at radius 3 is 2.69 bits per heavy atom. The highest BCUT2D eigenvalue weighted by atomic mass is 79.9. The van der Waals surface area contributed by atoms with Gasteiger partial charge >= 0.3 is 0 Å². The quantitative estimate of drug-likeness (QED) is 0.808. The lowest BCUT2D eigenvalue weighted by atomic mass is 9.85. The summed E-state index contributed by atoms with van der Waals surface area (Å²) in [5.41, 5.74) is 0.132. The Kier molecular flexibility index (Phi) is 5.65. The summed E-state index contributed by atoms with van der Waals surface area (Å²) in [6, 6.07) is 0.264. The van der Waals surface area contributed by atoms with Crippen LogP contribution in [0.1, 0.15) is 40.0 Å². The Morgan fingerprint density at radius 1 is 1.56 bits per heavy atom. The number of carbonyl (C=O) groups is 1. The van der Waals surface area contributed by atoms with Gasteiger partial charge in [0.25, 0.3) is 0 Å². The summed E-state index contributed by atoms with van der Waals surface area (Å²) < 4.78 is 0. The minimum Gasteiger partial charge on any atom is -0.352 e. The highest BCUT2D eigenvalue weighted by Crippen LogP contribution is 2.28. The third kappa shape index (κ3) is 4.28. The molecular weight excluding hydrogens is 286 g/mol. The maximum Gasteiger partial charge on any atom is 0.233 e. The van der Waals surface area contributed by atoms with Crippen LogP contribution >= 0.6 is 27.7 Å². The molecule has 16 heavy (non-hydrogen) atoms. The van der Waals surface area contributed by atoms with Crippen molar-refractivity contribution >= 4 is 33.6 Å². The van der Waals surface area contributed by atoms with E-state index in [0.717, 1.165) is 23.9 Å². The molecule has 1 amide bonds. The molecule has 1 N–H and O–H groups in total. The van der Waals surface area contributed by atoms with Gasteiger partial charge in [-0.25, -0.2) is 0 Å². The second-order valence-corrected chi connectivity index (χ2v) is 7.51. The van der Waals surface area contributed by atoms with Crippen molar-refractivity contribution in [2.45, 2.75) is 51.3 Å². The molecule has 1 fully saturated rings. The van der Waals surface area contributed by atoms with Crippen LogP contribution in [0.5, 0.6) is 0 Å². The molecule has 0 aromatic carbocycles. The molecule has 0 radical (unpaired) electrons. The lowest BCUT2D eigenvalue weighted by Crippen LogP contribution is -2.46. The number of halogens is 1. The number of thioether (sulfide) groups is 1. The zero-order chi connectivity index (χ0) is 12.2. The molecule has 0 aliphatic carbocycles. The number of nitrogens with one attached hydrogen (secondary N) is 1. The molecule has 2 unspecified atom stereocenters. The molecule has 2 atom stereocenters. The van der Waals surface area contributed by atoms with E-state index >= 15 is 0 Å². The Labute approximate surface area is 111 Å². The molecule has 0 aromatic heterocycles. The lowest BCUT2D eigenvalue weighted by molar-refractivity contribution is -0.122. The van der Waals surface area contributed by atoms with Crippen molar-refractivity contribution in [2.24, 2.45) is 5.41 Å². The van der Waals surface area contributed by atoms with E-state index in [1.807, 2.05) is 0 Å². The number of carbonyl (C=O) groups excluding carboxylic acids is 1. The van der Waals surface area contributed by atoms with Crippen LogP contribution in [0, 0.1) is 5.41 Å². The van der Waals surface area contributed by atoms with Gasteiger partial charge in [-0.05, 0) is 30.4 Å². The largest absolute Gasteiger partial charge is 0.352 e. The molecule has 0 bridgehead atoms. The standard InChI is InChI=1S/C12H22BrNOS/c1-12(2,3)10(6-7-13)14-11(15)9-5-4-8-16-9/h9-10H,4-8H2,1-3H3,(H,14,15). The van der Waals surface area contributed by atoms with Gasteiger partial charge in [0.1, 0.15) is 0 Å². The van der Waals surface area contributed by atoms with Crippen molar-refractivity contribution in [1.82, 2.24) is 5.32 Å². The molecule has 2 nitrogen and oxygen atoms in total. The number of alkyl halides is 1. The number of hydrogen-bond acceptors (Lipinski definition) is 2. The smallest absolute Gasteiger partial charge is 0.233 e. The third-order valence-corrected chi connectivity index (χ3v) is 4.82. The van der Waals surface area contributed by atoms with Gasteiger partial charge in [0.05, 0.1) is 5.25 Å². The molecule has 0 spiro atoms. The van der Waals surface area contributed by atoms with Crippen molar-refractivity contribution in [3.05, 3.63) is 0 Å².